The van der Waals surface area contributed by atoms with Gasteiger partial charge in [-0.15, -0.1) is 0 Å². The highest BCUT2D eigenvalue weighted by Gasteiger charge is 2.25. The van der Waals surface area contributed by atoms with E-state index in [1.165, 1.54) is 19.2 Å². The van der Waals surface area contributed by atoms with Gasteiger partial charge in [-0.2, -0.15) is 4.31 Å². The van der Waals surface area contributed by atoms with Gasteiger partial charge in [0, 0.05) is 13.1 Å². The van der Waals surface area contributed by atoms with Gasteiger partial charge in [-0.05, 0) is 36.4 Å². The Balaban J connectivity index is 1.48. The first-order chi connectivity index (χ1) is 14.4. The standard InChI is InChI=1S/C20H24N2O7S/c1-22(30(24,25)17-7-8-18-19(13-17)29-12-11-28-18)14-20(23)21-9-10-27-16-5-3-15(26-2)4-6-16/h3-8,13H,9-12,14H2,1-2H3,(H,21,23). The highest BCUT2D eigenvalue weighted by molar-refractivity contribution is 7.89. The fourth-order valence-electron chi connectivity index (χ4n) is 2.74. The molecule has 1 aliphatic rings. The lowest BCUT2D eigenvalue weighted by Crippen LogP contribution is -2.39. The van der Waals surface area contributed by atoms with Crippen molar-refractivity contribution < 1.29 is 32.2 Å². The summed E-state index contributed by atoms with van der Waals surface area (Å²) in [5.74, 6) is 1.80. The molecule has 2 aromatic rings. The number of amides is 1. The first-order valence-electron chi connectivity index (χ1n) is 9.29. The lowest BCUT2D eigenvalue weighted by Gasteiger charge is -2.21. The molecule has 30 heavy (non-hydrogen) atoms. The average Bonchev–Trinajstić information content (AvgIpc) is 2.76. The number of fused-ring (bicyclic) bond motifs is 1. The summed E-state index contributed by atoms with van der Waals surface area (Å²) in [6.45, 7) is 0.938. The third-order valence-electron chi connectivity index (χ3n) is 4.34. The van der Waals surface area contributed by atoms with Crippen LogP contribution in [0.3, 0.4) is 0 Å². The maximum absolute atomic E-state index is 12.7. The minimum Gasteiger partial charge on any atom is -0.497 e. The van der Waals surface area contributed by atoms with E-state index >= 15 is 0 Å². The van der Waals surface area contributed by atoms with Crippen molar-refractivity contribution in [2.75, 3.05) is 47.1 Å². The maximum Gasteiger partial charge on any atom is 0.243 e. The Bertz CT molecular complexity index is 977. The number of sulfonamides is 1. The minimum atomic E-state index is -3.85. The molecule has 1 amide bonds. The van der Waals surface area contributed by atoms with Crippen LogP contribution in [-0.2, 0) is 14.8 Å². The van der Waals surface area contributed by atoms with Crippen LogP contribution in [0.5, 0.6) is 23.0 Å². The van der Waals surface area contributed by atoms with E-state index in [0.29, 0.717) is 30.5 Å². The third kappa shape index (κ3) is 5.33. The van der Waals surface area contributed by atoms with Crippen LogP contribution in [-0.4, -0.2) is 65.7 Å². The Morgan fingerprint density at radius 3 is 2.43 bits per heavy atom. The fraction of sp³-hybridized carbons (Fsp3) is 0.350. The molecule has 2 aromatic carbocycles. The Kier molecular flexibility index (Phi) is 7.01. The molecule has 9 nitrogen and oxygen atoms in total. The van der Waals surface area contributed by atoms with Gasteiger partial charge in [-0.3, -0.25) is 4.79 Å². The lowest BCUT2D eigenvalue weighted by molar-refractivity contribution is -0.121. The topological polar surface area (TPSA) is 103 Å². The summed E-state index contributed by atoms with van der Waals surface area (Å²) in [5, 5.41) is 2.64. The summed E-state index contributed by atoms with van der Waals surface area (Å²) in [6, 6.07) is 11.4. The molecule has 0 aromatic heterocycles. The van der Waals surface area contributed by atoms with Crippen molar-refractivity contribution in [2.45, 2.75) is 4.90 Å². The second-order valence-corrected chi connectivity index (χ2v) is 8.49. The summed E-state index contributed by atoms with van der Waals surface area (Å²) in [6.07, 6.45) is 0. The lowest BCUT2D eigenvalue weighted by atomic mass is 10.3. The number of methoxy groups -OCH3 is 1. The molecule has 0 aliphatic carbocycles. The summed E-state index contributed by atoms with van der Waals surface area (Å²) >= 11 is 0. The molecule has 1 heterocycles. The Labute approximate surface area is 175 Å². The number of carbonyl (C=O) groups is 1. The smallest absolute Gasteiger partial charge is 0.243 e. The summed E-state index contributed by atoms with van der Waals surface area (Å²) in [4.78, 5) is 12.2. The van der Waals surface area contributed by atoms with E-state index in [9.17, 15) is 13.2 Å². The van der Waals surface area contributed by atoms with Crippen molar-refractivity contribution in [1.82, 2.24) is 9.62 Å². The van der Waals surface area contributed by atoms with Gasteiger partial charge in [0.1, 0.15) is 31.3 Å². The molecule has 1 N–H and O–H groups in total. The molecule has 162 valence electrons. The number of carbonyl (C=O) groups excluding carboxylic acids is 1. The van der Waals surface area contributed by atoms with Crippen LogP contribution in [0.2, 0.25) is 0 Å². The second kappa shape index (κ2) is 9.68. The monoisotopic (exact) mass is 436 g/mol. The maximum atomic E-state index is 12.7. The van der Waals surface area contributed by atoms with Crippen LogP contribution in [0.15, 0.2) is 47.4 Å². The van der Waals surface area contributed by atoms with E-state index in [-0.39, 0.29) is 24.6 Å². The Hall–Kier alpha value is -2.98. The van der Waals surface area contributed by atoms with E-state index in [2.05, 4.69) is 5.32 Å². The largest absolute Gasteiger partial charge is 0.497 e. The summed E-state index contributed by atoms with van der Waals surface area (Å²) in [7, 11) is -0.927. The van der Waals surface area contributed by atoms with Crippen molar-refractivity contribution in [3.63, 3.8) is 0 Å². The van der Waals surface area contributed by atoms with E-state index in [0.717, 1.165) is 10.1 Å². The first kappa shape index (κ1) is 21.7. The highest BCUT2D eigenvalue weighted by Crippen LogP contribution is 2.32. The zero-order chi connectivity index (χ0) is 21.6. The number of benzene rings is 2. The van der Waals surface area contributed by atoms with Gasteiger partial charge in [-0.1, -0.05) is 0 Å². The Morgan fingerprint density at radius 1 is 1.07 bits per heavy atom. The molecular weight excluding hydrogens is 412 g/mol. The zero-order valence-electron chi connectivity index (χ0n) is 16.8. The highest BCUT2D eigenvalue weighted by atomic mass is 32.2. The second-order valence-electron chi connectivity index (χ2n) is 6.44. The van der Waals surface area contributed by atoms with Gasteiger partial charge in [0.25, 0.3) is 0 Å². The van der Waals surface area contributed by atoms with E-state index in [1.807, 2.05) is 0 Å². The van der Waals surface area contributed by atoms with Crippen LogP contribution in [0.4, 0.5) is 0 Å². The zero-order valence-corrected chi connectivity index (χ0v) is 17.6. The number of hydrogen-bond acceptors (Lipinski definition) is 7. The number of rotatable bonds is 9. The molecule has 0 radical (unpaired) electrons. The summed E-state index contributed by atoms with van der Waals surface area (Å²) < 4.78 is 47.9. The molecule has 0 fully saturated rings. The number of nitrogens with one attached hydrogen (secondary N) is 1. The van der Waals surface area contributed by atoms with Crippen LogP contribution in [0.1, 0.15) is 0 Å². The van der Waals surface area contributed by atoms with Gasteiger partial charge in [0.05, 0.1) is 25.1 Å². The summed E-state index contributed by atoms with van der Waals surface area (Å²) in [5.41, 5.74) is 0. The fourth-order valence-corrected chi connectivity index (χ4v) is 3.88. The van der Waals surface area contributed by atoms with E-state index < -0.39 is 15.9 Å². The van der Waals surface area contributed by atoms with Gasteiger partial charge >= 0.3 is 0 Å². The molecule has 0 bridgehead atoms. The number of hydrogen-bond donors (Lipinski definition) is 1. The number of nitrogens with zero attached hydrogens (tertiary/aromatic N) is 1. The third-order valence-corrected chi connectivity index (χ3v) is 6.14. The van der Waals surface area contributed by atoms with E-state index in [4.69, 9.17) is 18.9 Å². The van der Waals surface area contributed by atoms with Crippen molar-refractivity contribution in [3.8, 4) is 23.0 Å². The first-order valence-corrected chi connectivity index (χ1v) is 10.7. The minimum absolute atomic E-state index is 0.0323. The van der Waals surface area contributed by atoms with Crippen molar-refractivity contribution in [1.29, 1.82) is 0 Å². The molecule has 10 heteroatoms. The van der Waals surface area contributed by atoms with E-state index in [1.54, 1.807) is 37.4 Å². The SMILES string of the molecule is COc1ccc(OCCNC(=O)CN(C)S(=O)(=O)c2ccc3c(c2)OCCO3)cc1. The van der Waals surface area contributed by atoms with Crippen molar-refractivity contribution in [3.05, 3.63) is 42.5 Å². The van der Waals surface area contributed by atoms with Gasteiger partial charge < -0.3 is 24.3 Å². The van der Waals surface area contributed by atoms with Crippen LogP contribution in [0.25, 0.3) is 0 Å². The van der Waals surface area contributed by atoms with Crippen LogP contribution >= 0.6 is 0 Å². The van der Waals surface area contributed by atoms with Crippen LogP contribution < -0.4 is 24.3 Å². The van der Waals surface area contributed by atoms with Crippen LogP contribution in [0, 0.1) is 0 Å². The molecular formula is C20H24N2O7S. The molecule has 0 saturated carbocycles. The van der Waals surface area contributed by atoms with Crippen molar-refractivity contribution in [2.24, 2.45) is 0 Å². The normalized spacial score (nSPS) is 13.0. The molecule has 3 rings (SSSR count). The molecule has 0 atom stereocenters. The number of likely N-dealkylation sites (N-methyl/N-ethyl adjacent to an activating group) is 1. The quantitative estimate of drug-likeness (QED) is 0.591. The molecule has 0 spiro atoms. The molecule has 1 aliphatic heterocycles. The average molecular weight is 436 g/mol. The number of ether oxygens (including phenoxy) is 4. The Morgan fingerprint density at radius 2 is 1.73 bits per heavy atom. The van der Waals surface area contributed by atoms with Crippen molar-refractivity contribution >= 4 is 15.9 Å². The predicted molar refractivity (Wildman–Crippen MR) is 109 cm³/mol. The molecule has 0 unspecified atom stereocenters. The van der Waals surface area contributed by atoms with Gasteiger partial charge in [0.15, 0.2) is 11.5 Å². The predicted octanol–water partition coefficient (Wildman–Crippen LogP) is 1.28. The molecule has 0 saturated heterocycles. The van der Waals surface area contributed by atoms with Gasteiger partial charge in [-0.25, -0.2) is 8.42 Å². The van der Waals surface area contributed by atoms with Gasteiger partial charge in [0.2, 0.25) is 15.9 Å².